The number of anilines is 1. The summed E-state index contributed by atoms with van der Waals surface area (Å²) in [6.45, 7) is 5.15. The van der Waals surface area contributed by atoms with Gasteiger partial charge in [-0.1, -0.05) is 17.7 Å². The number of benzene rings is 1. The van der Waals surface area contributed by atoms with Gasteiger partial charge in [0.05, 0.1) is 12.7 Å². The second-order valence-corrected chi connectivity index (χ2v) is 6.62. The normalized spacial score (nSPS) is 17.7. The van der Waals surface area contributed by atoms with Gasteiger partial charge in [0.2, 0.25) is 5.91 Å². The average molecular weight is 310 g/mol. The minimum atomic E-state index is 0.210. The Hall–Kier alpha value is -2.14. The van der Waals surface area contributed by atoms with Gasteiger partial charge in [0.1, 0.15) is 0 Å². The number of hydrogen-bond donors (Lipinski definition) is 1. The zero-order valence-electron chi connectivity index (χ0n) is 13.5. The molecule has 0 saturated carbocycles. The van der Waals surface area contributed by atoms with Crippen molar-refractivity contribution in [3.05, 3.63) is 46.8 Å². The third-order valence-corrected chi connectivity index (χ3v) is 4.89. The number of aryl methyl sites for hydroxylation is 2. The number of aromatic amines is 1. The van der Waals surface area contributed by atoms with Crippen molar-refractivity contribution in [1.82, 2.24) is 15.1 Å². The van der Waals surface area contributed by atoms with Gasteiger partial charge in [0.15, 0.2) is 0 Å². The van der Waals surface area contributed by atoms with Crippen LogP contribution in [0.3, 0.4) is 0 Å². The lowest BCUT2D eigenvalue weighted by Crippen LogP contribution is -2.44. The van der Waals surface area contributed by atoms with Crippen molar-refractivity contribution >= 4 is 11.6 Å². The molecule has 120 valence electrons. The first-order valence-corrected chi connectivity index (χ1v) is 8.34. The first kappa shape index (κ1) is 14.5. The molecule has 0 fully saturated rings. The molecule has 2 aliphatic rings. The van der Waals surface area contributed by atoms with Gasteiger partial charge in [-0.15, -0.1) is 0 Å². The molecule has 5 heteroatoms. The Labute approximate surface area is 136 Å². The molecule has 0 spiro atoms. The Kier molecular flexibility index (Phi) is 3.65. The smallest absolute Gasteiger partial charge is 0.241 e. The van der Waals surface area contributed by atoms with Gasteiger partial charge in [-0.3, -0.25) is 14.8 Å². The molecule has 5 nitrogen and oxygen atoms in total. The number of amides is 1. The summed E-state index contributed by atoms with van der Waals surface area (Å²) in [5.41, 5.74) is 6.11. The first-order valence-electron chi connectivity index (χ1n) is 8.34. The number of fused-ring (bicyclic) bond motifs is 2. The van der Waals surface area contributed by atoms with Gasteiger partial charge in [0.25, 0.3) is 0 Å². The van der Waals surface area contributed by atoms with E-state index in [4.69, 9.17) is 0 Å². The lowest BCUT2D eigenvalue weighted by Gasteiger charge is -2.33. The van der Waals surface area contributed by atoms with E-state index in [2.05, 4.69) is 40.2 Å². The van der Waals surface area contributed by atoms with Crippen LogP contribution in [0.5, 0.6) is 0 Å². The summed E-state index contributed by atoms with van der Waals surface area (Å²) >= 11 is 0. The quantitative estimate of drug-likeness (QED) is 0.924. The predicted octanol–water partition coefficient (Wildman–Crippen LogP) is 2.06. The maximum Gasteiger partial charge on any atom is 0.241 e. The molecule has 0 unspecified atom stereocenters. The van der Waals surface area contributed by atoms with E-state index < -0.39 is 0 Å². The van der Waals surface area contributed by atoms with Crippen molar-refractivity contribution in [2.24, 2.45) is 0 Å². The maximum absolute atomic E-state index is 12.8. The molecule has 0 bridgehead atoms. The molecule has 0 aliphatic carbocycles. The van der Waals surface area contributed by atoms with Crippen LogP contribution in [0.2, 0.25) is 0 Å². The Balaban J connectivity index is 1.48. The van der Waals surface area contributed by atoms with Gasteiger partial charge in [-0.05, 0) is 31.4 Å². The molecule has 23 heavy (non-hydrogen) atoms. The zero-order chi connectivity index (χ0) is 15.8. The topological polar surface area (TPSA) is 52.2 Å². The molecular weight excluding hydrogens is 288 g/mol. The minimum Gasteiger partial charge on any atom is -0.311 e. The monoisotopic (exact) mass is 310 g/mol. The van der Waals surface area contributed by atoms with Gasteiger partial charge in [-0.25, -0.2) is 0 Å². The number of carbonyl (C=O) groups excluding carboxylic acids is 1. The molecule has 3 heterocycles. The Morgan fingerprint density at radius 2 is 2.17 bits per heavy atom. The summed E-state index contributed by atoms with van der Waals surface area (Å²) in [5.74, 6) is 0.210. The number of rotatable bonds is 2. The summed E-state index contributed by atoms with van der Waals surface area (Å²) in [5, 5.41) is 7.14. The summed E-state index contributed by atoms with van der Waals surface area (Å²) in [6.07, 6.45) is 4.94. The van der Waals surface area contributed by atoms with Crippen LogP contribution in [0.1, 0.15) is 28.8 Å². The number of nitrogens with one attached hydrogen (secondary N) is 1. The molecular formula is C18H22N4O. The third kappa shape index (κ3) is 2.77. The second-order valence-electron chi connectivity index (χ2n) is 6.62. The Morgan fingerprint density at radius 3 is 3.09 bits per heavy atom. The van der Waals surface area contributed by atoms with Gasteiger partial charge < -0.3 is 4.90 Å². The predicted molar refractivity (Wildman–Crippen MR) is 89.4 cm³/mol. The fourth-order valence-corrected chi connectivity index (χ4v) is 3.68. The highest BCUT2D eigenvalue weighted by Gasteiger charge is 2.26. The van der Waals surface area contributed by atoms with Crippen LogP contribution in [-0.2, 0) is 24.2 Å². The lowest BCUT2D eigenvalue weighted by atomic mass is 9.99. The number of hydrogen-bond acceptors (Lipinski definition) is 3. The van der Waals surface area contributed by atoms with Crippen molar-refractivity contribution < 1.29 is 4.79 Å². The molecule has 1 aromatic carbocycles. The number of aromatic nitrogens is 2. The summed E-state index contributed by atoms with van der Waals surface area (Å²) in [4.78, 5) is 17.0. The minimum absolute atomic E-state index is 0.210. The van der Waals surface area contributed by atoms with E-state index in [1.54, 1.807) is 0 Å². The van der Waals surface area contributed by atoms with E-state index in [1.807, 2.05) is 11.1 Å². The van der Waals surface area contributed by atoms with Crippen molar-refractivity contribution in [2.45, 2.75) is 32.7 Å². The van der Waals surface area contributed by atoms with Crippen LogP contribution < -0.4 is 4.90 Å². The number of carbonyl (C=O) groups is 1. The van der Waals surface area contributed by atoms with Crippen molar-refractivity contribution in [2.75, 3.05) is 24.5 Å². The molecule has 2 aliphatic heterocycles. The molecule has 0 saturated heterocycles. The van der Waals surface area contributed by atoms with Crippen molar-refractivity contribution in [3.63, 3.8) is 0 Å². The van der Waals surface area contributed by atoms with E-state index in [-0.39, 0.29) is 5.91 Å². The van der Waals surface area contributed by atoms with Crippen molar-refractivity contribution in [1.29, 1.82) is 0 Å². The van der Waals surface area contributed by atoms with E-state index in [9.17, 15) is 4.79 Å². The van der Waals surface area contributed by atoms with Crippen LogP contribution in [0.15, 0.2) is 24.4 Å². The van der Waals surface area contributed by atoms with Crippen LogP contribution in [0.4, 0.5) is 5.69 Å². The fourth-order valence-electron chi connectivity index (χ4n) is 3.68. The van der Waals surface area contributed by atoms with Gasteiger partial charge in [0, 0.05) is 43.0 Å². The van der Waals surface area contributed by atoms with Crippen LogP contribution >= 0.6 is 0 Å². The first-order chi connectivity index (χ1) is 11.2. The molecule has 1 amide bonds. The van der Waals surface area contributed by atoms with Crippen LogP contribution in [0.25, 0.3) is 0 Å². The SMILES string of the molecule is Cc1ccc2c(c1)CCCN2C(=O)CN1CCc2[nH]ncc2C1. The molecule has 0 atom stereocenters. The molecule has 1 aromatic heterocycles. The second kappa shape index (κ2) is 5.81. The Morgan fingerprint density at radius 1 is 1.26 bits per heavy atom. The Bertz CT molecular complexity index is 736. The molecule has 4 rings (SSSR count). The van der Waals surface area contributed by atoms with Gasteiger partial charge in [-0.2, -0.15) is 5.10 Å². The molecule has 1 N–H and O–H groups in total. The highest BCUT2D eigenvalue weighted by molar-refractivity contribution is 5.96. The lowest BCUT2D eigenvalue weighted by molar-refractivity contribution is -0.120. The van der Waals surface area contributed by atoms with Crippen LogP contribution in [0, 0.1) is 6.92 Å². The van der Waals surface area contributed by atoms with E-state index >= 15 is 0 Å². The highest BCUT2D eigenvalue weighted by Crippen LogP contribution is 2.28. The molecule has 2 aromatic rings. The standard InChI is InChI=1S/C18H22N4O/c1-13-4-5-17-14(9-13)3-2-7-22(17)18(23)12-21-8-6-16-15(11-21)10-19-20-16/h4-5,9-10H,2-3,6-8,11-12H2,1H3,(H,19,20). The zero-order valence-corrected chi connectivity index (χ0v) is 13.5. The average Bonchev–Trinajstić information content (AvgIpc) is 3.01. The third-order valence-electron chi connectivity index (χ3n) is 4.89. The van der Waals surface area contributed by atoms with E-state index in [1.165, 1.54) is 22.4 Å². The largest absolute Gasteiger partial charge is 0.311 e. The van der Waals surface area contributed by atoms with Crippen LogP contribution in [-0.4, -0.2) is 40.6 Å². The summed E-state index contributed by atoms with van der Waals surface area (Å²) in [6, 6.07) is 6.42. The van der Waals surface area contributed by atoms with E-state index in [0.29, 0.717) is 6.54 Å². The highest BCUT2D eigenvalue weighted by atomic mass is 16.2. The number of nitrogens with zero attached hydrogens (tertiary/aromatic N) is 3. The summed E-state index contributed by atoms with van der Waals surface area (Å²) in [7, 11) is 0. The van der Waals surface area contributed by atoms with Gasteiger partial charge >= 0.3 is 0 Å². The number of H-pyrrole nitrogens is 1. The van der Waals surface area contributed by atoms with Crippen molar-refractivity contribution in [3.8, 4) is 0 Å². The van der Waals surface area contributed by atoms with E-state index in [0.717, 1.165) is 44.6 Å². The summed E-state index contributed by atoms with van der Waals surface area (Å²) < 4.78 is 0. The molecule has 0 radical (unpaired) electrons. The fraction of sp³-hybridized carbons (Fsp3) is 0.444. The maximum atomic E-state index is 12.8.